The van der Waals surface area contributed by atoms with Gasteiger partial charge in [0, 0.05) is 57.2 Å². The van der Waals surface area contributed by atoms with E-state index in [1.165, 1.54) is 5.69 Å². The molecule has 0 unspecified atom stereocenters. The topological polar surface area (TPSA) is 57.3 Å². The van der Waals surface area contributed by atoms with Crippen molar-refractivity contribution in [2.75, 3.05) is 31.1 Å². The smallest absolute Gasteiger partial charge is 0.216 e. The molecule has 0 saturated carbocycles. The molecule has 0 atom stereocenters. The summed E-state index contributed by atoms with van der Waals surface area (Å²) in [5.41, 5.74) is 1.26. The zero-order chi connectivity index (χ0) is 13.5. The van der Waals surface area contributed by atoms with Crippen molar-refractivity contribution in [2.45, 2.75) is 25.8 Å². The minimum absolute atomic E-state index is 0.0364. The van der Waals surface area contributed by atoms with Gasteiger partial charge in [-0.2, -0.15) is 0 Å². The maximum Gasteiger partial charge on any atom is 0.216 e. The van der Waals surface area contributed by atoms with Crippen LogP contribution < -0.4 is 15.5 Å². The summed E-state index contributed by atoms with van der Waals surface area (Å²) in [5.74, 6) is 0.0364. The van der Waals surface area contributed by atoms with E-state index in [2.05, 4.69) is 32.7 Å². The molecule has 1 aliphatic rings. The molecule has 1 aromatic heterocycles. The van der Waals surface area contributed by atoms with Crippen molar-refractivity contribution < 1.29 is 4.79 Å². The van der Waals surface area contributed by atoms with E-state index < -0.39 is 0 Å². The van der Waals surface area contributed by atoms with Gasteiger partial charge in [-0.25, -0.2) is 0 Å². The second-order valence-electron chi connectivity index (χ2n) is 4.90. The molecule has 0 aliphatic carbocycles. The Morgan fingerprint density at radius 2 is 2.00 bits per heavy atom. The number of amides is 1. The first kappa shape index (κ1) is 13.8. The van der Waals surface area contributed by atoms with Crippen molar-refractivity contribution in [1.29, 1.82) is 0 Å². The van der Waals surface area contributed by atoms with Gasteiger partial charge in [-0.05, 0) is 25.0 Å². The molecule has 1 aliphatic heterocycles. The third-order valence-electron chi connectivity index (χ3n) is 3.45. The van der Waals surface area contributed by atoms with Crippen molar-refractivity contribution in [3.05, 3.63) is 24.5 Å². The summed E-state index contributed by atoms with van der Waals surface area (Å²) in [4.78, 5) is 17.2. The highest BCUT2D eigenvalue weighted by Crippen LogP contribution is 2.18. The summed E-state index contributed by atoms with van der Waals surface area (Å²) >= 11 is 0. The maximum atomic E-state index is 10.7. The van der Waals surface area contributed by atoms with Gasteiger partial charge in [-0.3, -0.25) is 9.78 Å². The van der Waals surface area contributed by atoms with Crippen molar-refractivity contribution in [1.82, 2.24) is 15.6 Å². The first-order chi connectivity index (χ1) is 9.25. The first-order valence-corrected chi connectivity index (χ1v) is 6.88. The van der Waals surface area contributed by atoms with Crippen molar-refractivity contribution in [2.24, 2.45) is 0 Å². The minimum Gasteiger partial charge on any atom is -0.371 e. The van der Waals surface area contributed by atoms with Crippen molar-refractivity contribution in [3.8, 4) is 0 Å². The number of hydrogen-bond acceptors (Lipinski definition) is 4. The Bertz CT molecular complexity index is 388. The molecule has 1 aromatic rings. The standard InChI is InChI=1S/C14H22N4O/c1-12(19)16-8-9-17-13-4-10-18(11-5-13)14-2-6-15-7-3-14/h2-3,6-7,13,17H,4-5,8-11H2,1H3,(H,16,19). The van der Waals surface area contributed by atoms with Crippen LogP contribution in [0.1, 0.15) is 19.8 Å². The molecule has 2 heterocycles. The molecular weight excluding hydrogens is 240 g/mol. The van der Waals surface area contributed by atoms with Crippen LogP contribution in [0.15, 0.2) is 24.5 Å². The van der Waals surface area contributed by atoms with E-state index in [1.54, 1.807) is 6.92 Å². The number of carbonyl (C=O) groups is 1. The monoisotopic (exact) mass is 262 g/mol. The molecule has 19 heavy (non-hydrogen) atoms. The Morgan fingerprint density at radius 3 is 2.63 bits per heavy atom. The second kappa shape index (κ2) is 7.09. The number of nitrogens with one attached hydrogen (secondary N) is 2. The summed E-state index contributed by atoms with van der Waals surface area (Å²) in [6, 6.07) is 4.68. The maximum absolute atomic E-state index is 10.7. The Kier molecular flexibility index (Phi) is 5.15. The van der Waals surface area contributed by atoms with E-state index >= 15 is 0 Å². The van der Waals surface area contributed by atoms with Crippen LogP contribution in [0.3, 0.4) is 0 Å². The van der Waals surface area contributed by atoms with Crippen LogP contribution in [0.4, 0.5) is 5.69 Å². The fraction of sp³-hybridized carbons (Fsp3) is 0.571. The van der Waals surface area contributed by atoms with Crippen molar-refractivity contribution in [3.63, 3.8) is 0 Å². The highest BCUT2D eigenvalue weighted by Gasteiger charge is 2.18. The zero-order valence-corrected chi connectivity index (χ0v) is 11.4. The van der Waals surface area contributed by atoms with Crippen LogP contribution in [0.25, 0.3) is 0 Å². The highest BCUT2D eigenvalue weighted by molar-refractivity contribution is 5.72. The fourth-order valence-corrected chi connectivity index (χ4v) is 2.41. The minimum atomic E-state index is 0.0364. The lowest BCUT2D eigenvalue weighted by Gasteiger charge is -2.34. The number of aromatic nitrogens is 1. The van der Waals surface area contributed by atoms with Gasteiger partial charge in [0.25, 0.3) is 0 Å². The summed E-state index contributed by atoms with van der Waals surface area (Å²) in [7, 11) is 0. The number of rotatable bonds is 5. The number of nitrogens with zero attached hydrogens (tertiary/aromatic N) is 2. The Labute approximate surface area is 114 Å². The molecule has 104 valence electrons. The summed E-state index contributed by atoms with van der Waals surface area (Å²) in [6.07, 6.45) is 5.96. The molecule has 1 saturated heterocycles. The summed E-state index contributed by atoms with van der Waals surface area (Å²) < 4.78 is 0. The lowest BCUT2D eigenvalue weighted by Crippen LogP contribution is -2.44. The van der Waals surface area contributed by atoms with Crippen LogP contribution in [0.5, 0.6) is 0 Å². The highest BCUT2D eigenvalue weighted by atomic mass is 16.1. The molecule has 5 heteroatoms. The van der Waals surface area contributed by atoms with Gasteiger partial charge in [0.2, 0.25) is 5.91 Å². The third kappa shape index (κ3) is 4.52. The Morgan fingerprint density at radius 1 is 1.32 bits per heavy atom. The van der Waals surface area contributed by atoms with E-state index in [0.717, 1.165) is 32.5 Å². The van der Waals surface area contributed by atoms with Crippen LogP contribution in [0, 0.1) is 0 Å². The molecule has 1 amide bonds. The van der Waals surface area contributed by atoms with Gasteiger partial charge < -0.3 is 15.5 Å². The lowest BCUT2D eigenvalue weighted by molar-refractivity contribution is -0.118. The average molecular weight is 262 g/mol. The van der Waals surface area contributed by atoms with Crippen LogP contribution in [0.2, 0.25) is 0 Å². The van der Waals surface area contributed by atoms with E-state index in [4.69, 9.17) is 0 Å². The normalized spacial score (nSPS) is 16.4. The quantitative estimate of drug-likeness (QED) is 0.770. The molecule has 1 fully saturated rings. The molecule has 2 N–H and O–H groups in total. The first-order valence-electron chi connectivity index (χ1n) is 6.88. The fourth-order valence-electron chi connectivity index (χ4n) is 2.41. The average Bonchev–Trinajstić information content (AvgIpc) is 2.45. The predicted octanol–water partition coefficient (Wildman–Crippen LogP) is 0.776. The van der Waals surface area contributed by atoms with Crippen LogP contribution >= 0.6 is 0 Å². The summed E-state index contributed by atoms with van der Waals surface area (Å²) in [6.45, 7) is 5.25. The number of anilines is 1. The van der Waals surface area contributed by atoms with Crippen molar-refractivity contribution >= 4 is 11.6 Å². The predicted molar refractivity (Wildman–Crippen MR) is 76.2 cm³/mol. The largest absolute Gasteiger partial charge is 0.371 e. The van der Waals surface area contributed by atoms with E-state index in [1.807, 2.05) is 12.4 Å². The number of piperidine rings is 1. The van der Waals surface area contributed by atoms with Gasteiger partial charge in [0.1, 0.15) is 0 Å². The van der Waals surface area contributed by atoms with Gasteiger partial charge in [-0.1, -0.05) is 0 Å². The van der Waals surface area contributed by atoms with Gasteiger partial charge in [0.15, 0.2) is 0 Å². The van der Waals surface area contributed by atoms with E-state index in [9.17, 15) is 4.79 Å². The molecular formula is C14H22N4O. The Balaban J connectivity index is 1.67. The molecule has 5 nitrogen and oxygen atoms in total. The molecule has 0 radical (unpaired) electrons. The Hall–Kier alpha value is -1.62. The number of pyridine rings is 1. The molecule has 2 rings (SSSR count). The molecule has 0 spiro atoms. The molecule has 0 bridgehead atoms. The van der Waals surface area contributed by atoms with Crippen LogP contribution in [-0.4, -0.2) is 43.1 Å². The number of hydrogen-bond donors (Lipinski definition) is 2. The zero-order valence-electron chi connectivity index (χ0n) is 11.4. The van der Waals surface area contributed by atoms with Gasteiger partial charge in [0.05, 0.1) is 0 Å². The van der Waals surface area contributed by atoms with Crippen LogP contribution in [-0.2, 0) is 4.79 Å². The van der Waals surface area contributed by atoms with E-state index in [-0.39, 0.29) is 5.91 Å². The second-order valence-corrected chi connectivity index (χ2v) is 4.90. The summed E-state index contributed by atoms with van der Waals surface area (Å²) in [5, 5.41) is 6.30. The molecule has 0 aromatic carbocycles. The SMILES string of the molecule is CC(=O)NCCNC1CCN(c2ccncc2)CC1. The van der Waals surface area contributed by atoms with Gasteiger partial charge >= 0.3 is 0 Å². The third-order valence-corrected chi connectivity index (χ3v) is 3.45. The lowest BCUT2D eigenvalue weighted by atomic mass is 10.0. The van der Waals surface area contributed by atoms with Gasteiger partial charge in [-0.15, -0.1) is 0 Å². The number of carbonyl (C=O) groups excluding carboxylic acids is 1. The van der Waals surface area contributed by atoms with E-state index in [0.29, 0.717) is 12.6 Å².